The molecule has 5 atom stereocenters. The normalized spacial score (nSPS) is 22.2. The number of esters is 4. The van der Waals surface area contributed by atoms with E-state index in [1.807, 2.05) is 36.4 Å². The molecule has 0 bridgehead atoms. The quantitative estimate of drug-likeness (QED) is 0.323. The molecule has 1 saturated heterocycles. The fourth-order valence-electron chi connectivity index (χ4n) is 4.14. The third kappa shape index (κ3) is 8.44. The van der Waals surface area contributed by atoms with Crippen molar-refractivity contribution < 1.29 is 52.3 Å². The summed E-state index contributed by atoms with van der Waals surface area (Å²) in [5.74, 6) is -1.61. The molecule has 2 aromatic carbocycles. The highest BCUT2D eigenvalue weighted by Gasteiger charge is 2.53. The molecule has 1 aliphatic heterocycles. The van der Waals surface area contributed by atoms with Gasteiger partial charge in [0, 0.05) is 34.1 Å². The maximum atomic E-state index is 12.1. The van der Waals surface area contributed by atoms with Crippen molar-refractivity contribution in [1.29, 1.82) is 0 Å². The molecule has 11 heteroatoms. The number of ether oxygens (including phenoxy) is 7. The van der Waals surface area contributed by atoms with Crippen LogP contribution < -0.4 is 9.47 Å². The zero-order valence-electron chi connectivity index (χ0n) is 22.4. The van der Waals surface area contributed by atoms with Crippen molar-refractivity contribution in [2.24, 2.45) is 0 Å². The van der Waals surface area contributed by atoms with Crippen LogP contribution in [0.2, 0.25) is 0 Å². The summed E-state index contributed by atoms with van der Waals surface area (Å²) in [4.78, 5) is 47.6. The van der Waals surface area contributed by atoms with Crippen LogP contribution >= 0.6 is 0 Å². The fourth-order valence-corrected chi connectivity index (χ4v) is 4.14. The largest absolute Gasteiger partial charge is 0.497 e. The third-order valence-corrected chi connectivity index (χ3v) is 5.72. The van der Waals surface area contributed by atoms with E-state index in [-0.39, 0.29) is 6.61 Å². The summed E-state index contributed by atoms with van der Waals surface area (Å²) >= 11 is 0. The molecule has 0 aliphatic carbocycles. The van der Waals surface area contributed by atoms with E-state index < -0.39 is 54.6 Å². The lowest BCUT2D eigenvalue weighted by atomic mass is 9.98. The Morgan fingerprint density at radius 3 is 1.92 bits per heavy atom. The summed E-state index contributed by atoms with van der Waals surface area (Å²) in [5, 5.41) is 0. The van der Waals surface area contributed by atoms with Crippen LogP contribution in [0.5, 0.6) is 11.5 Å². The average Bonchev–Trinajstić information content (AvgIpc) is 2.87. The molecule has 1 unspecified atom stereocenters. The molecule has 0 spiro atoms. The summed E-state index contributed by atoms with van der Waals surface area (Å²) in [5.41, 5.74) is 1.77. The molecule has 1 fully saturated rings. The topological polar surface area (TPSA) is 133 Å². The van der Waals surface area contributed by atoms with Gasteiger partial charge in [-0.3, -0.25) is 19.2 Å². The molecule has 0 radical (unpaired) electrons. The Balaban J connectivity index is 1.97. The molecular weight excluding hydrogens is 512 g/mol. The maximum absolute atomic E-state index is 12.1. The molecule has 11 nitrogen and oxygen atoms in total. The van der Waals surface area contributed by atoms with Gasteiger partial charge >= 0.3 is 23.9 Å². The Kier molecular flexibility index (Phi) is 10.3. The van der Waals surface area contributed by atoms with Crippen LogP contribution in [0.15, 0.2) is 48.5 Å². The fraction of sp³-hybridized carbons (Fsp3) is 0.429. The summed E-state index contributed by atoms with van der Waals surface area (Å²) < 4.78 is 38.9. The summed E-state index contributed by atoms with van der Waals surface area (Å²) in [6.07, 6.45) is -5.83. The first-order valence-electron chi connectivity index (χ1n) is 12.2. The van der Waals surface area contributed by atoms with Gasteiger partial charge in [0.1, 0.15) is 24.2 Å². The molecule has 0 amide bonds. The monoisotopic (exact) mass is 544 g/mol. The van der Waals surface area contributed by atoms with Crippen molar-refractivity contribution in [2.45, 2.75) is 64.8 Å². The second kappa shape index (κ2) is 13.6. The second-order valence-corrected chi connectivity index (χ2v) is 8.82. The summed E-state index contributed by atoms with van der Waals surface area (Å²) in [6, 6.07) is 14.7. The van der Waals surface area contributed by atoms with Gasteiger partial charge in [-0.15, -0.1) is 0 Å². The van der Waals surface area contributed by atoms with Crippen molar-refractivity contribution >= 4 is 23.9 Å². The summed E-state index contributed by atoms with van der Waals surface area (Å²) in [7, 11) is 1.59. The molecule has 210 valence electrons. The first-order chi connectivity index (χ1) is 18.6. The number of methoxy groups -OCH3 is 1. The zero-order valence-corrected chi connectivity index (χ0v) is 22.4. The summed E-state index contributed by atoms with van der Waals surface area (Å²) in [6.45, 7) is 4.35. The highest BCUT2D eigenvalue weighted by atomic mass is 16.7. The Labute approximate surface area is 226 Å². The highest BCUT2D eigenvalue weighted by molar-refractivity contribution is 5.68. The molecule has 1 aliphatic rings. The second-order valence-electron chi connectivity index (χ2n) is 8.82. The Hall–Kier alpha value is -4.12. The van der Waals surface area contributed by atoms with Crippen molar-refractivity contribution in [2.75, 3.05) is 13.7 Å². The first-order valence-corrected chi connectivity index (χ1v) is 12.2. The first kappa shape index (κ1) is 29.4. The van der Waals surface area contributed by atoms with Crippen LogP contribution in [0, 0.1) is 0 Å². The highest BCUT2D eigenvalue weighted by Crippen LogP contribution is 2.32. The van der Waals surface area contributed by atoms with Gasteiger partial charge in [0.15, 0.2) is 12.2 Å². The Morgan fingerprint density at radius 1 is 0.744 bits per heavy atom. The lowest BCUT2D eigenvalue weighted by Gasteiger charge is -2.44. The predicted octanol–water partition coefficient (Wildman–Crippen LogP) is 2.75. The molecular formula is C28H32O11. The SMILES string of the molecule is COc1ccc(Cc2ccccc2OC2O[C@H](COC(C)=O)[C@@H](OC(C)=O)[C@H](OC(C)=O)[C@H]2OC(C)=O)cc1. The molecule has 2 aromatic rings. The number of hydrogen-bond donors (Lipinski definition) is 0. The predicted molar refractivity (Wildman–Crippen MR) is 135 cm³/mol. The molecule has 0 aromatic heterocycles. The smallest absolute Gasteiger partial charge is 0.303 e. The standard InChI is InChI=1S/C28H32O11/c1-16(29)34-15-24-25(35-17(2)30)26(36-18(3)31)27(37-19(4)32)28(39-24)38-23-9-7-6-8-21(23)14-20-10-12-22(33-5)13-11-20/h6-13,24-28H,14-15H2,1-5H3/t24-,25-,26+,27-,28?/m1/s1. The minimum absolute atomic E-state index is 0.342. The van der Waals surface area contributed by atoms with Crippen LogP contribution in [-0.4, -0.2) is 68.3 Å². The van der Waals surface area contributed by atoms with Crippen molar-refractivity contribution in [1.82, 2.24) is 0 Å². The van der Waals surface area contributed by atoms with Crippen LogP contribution in [-0.2, 0) is 49.3 Å². The van der Waals surface area contributed by atoms with Crippen molar-refractivity contribution in [3.63, 3.8) is 0 Å². The van der Waals surface area contributed by atoms with E-state index in [4.69, 9.17) is 33.2 Å². The molecule has 1 heterocycles. The maximum Gasteiger partial charge on any atom is 0.303 e. The van der Waals surface area contributed by atoms with Crippen LogP contribution in [0.3, 0.4) is 0 Å². The number of rotatable bonds is 10. The molecule has 39 heavy (non-hydrogen) atoms. The number of benzene rings is 2. The van der Waals surface area contributed by atoms with E-state index in [2.05, 4.69) is 0 Å². The van der Waals surface area contributed by atoms with Gasteiger partial charge in [-0.05, 0) is 29.3 Å². The van der Waals surface area contributed by atoms with E-state index in [1.54, 1.807) is 19.2 Å². The minimum atomic E-state index is -1.32. The van der Waals surface area contributed by atoms with E-state index in [9.17, 15) is 19.2 Å². The van der Waals surface area contributed by atoms with E-state index >= 15 is 0 Å². The van der Waals surface area contributed by atoms with E-state index in [0.29, 0.717) is 12.2 Å². The average molecular weight is 545 g/mol. The van der Waals surface area contributed by atoms with Crippen LogP contribution in [0.4, 0.5) is 0 Å². The van der Waals surface area contributed by atoms with Gasteiger partial charge in [-0.1, -0.05) is 30.3 Å². The van der Waals surface area contributed by atoms with Gasteiger partial charge in [-0.25, -0.2) is 0 Å². The van der Waals surface area contributed by atoms with Crippen molar-refractivity contribution in [3.8, 4) is 11.5 Å². The molecule has 0 saturated carbocycles. The Bertz CT molecular complexity index is 1160. The zero-order chi connectivity index (χ0) is 28.5. The Morgan fingerprint density at radius 2 is 1.33 bits per heavy atom. The minimum Gasteiger partial charge on any atom is -0.497 e. The lowest BCUT2D eigenvalue weighted by Crippen LogP contribution is -2.63. The number of para-hydroxylation sites is 1. The van der Waals surface area contributed by atoms with Gasteiger partial charge < -0.3 is 33.2 Å². The van der Waals surface area contributed by atoms with Gasteiger partial charge in [0.05, 0.1) is 7.11 Å². The van der Waals surface area contributed by atoms with Crippen molar-refractivity contribution in [3.05, 3.63) is 59.7 Å². The van der Waals surface area contributed by atoms with Gasteiger partial charge in [0.25, 0.3) is 0 Å². The number of hydrogen-bond acceptors (Lipinski definition) is 11. The van der Waals surface area contributed by atoms with E-state index in [0.717, 1.165) is 30.7 Å². The van der Waals surface area contributed by atoms with Gasteiger partial charge in [0.2, 0.25) is 12.4 Å². The third-order valence-electron chi connectivity index (χ3n) is 5.72. The molecule has 3 rings (SSSR count). The molecule has 0 N–H and O–H groups in total. The van der Waals surface area contributed by atoms with Gasteiger partial charge in [-0.2, -0.15) is 0 Å². The number of carbonyl (C=O) groups is 4. The lowest BCUT2D eigenvalue weighted by molar-refractivity contribution is -0.288. The number of carbonyl (C=O) groups excluding carboxylic acids is 4. The van der Waals surface area contributed by atoms with Crippen LogP contribution in [0.1, 0.15) is 38.8 Å². The van der Waals surface area contributed by atoms with E-state index in [1.165, 1.54) is 13.8 Å². The van der Waals surface area contributed by atoms with Crippen LogP contribution in [0.25, 0.3) is 0 Å².